The number of nitrogen functional groups attached to an aromatic ring is 1. The predicted octanol–water partition coefficient (Wildman–Crippen LogP) is 1.40. The van der Waals surface area contributed by atoms with E-state index in [0.29, 0.717) is 12.4 Å². The lowest BCUT2D eigenvalue weighted by Gasteiger charge is -2.28. The molecular formula is C13H19ClN4O2. The molecule has 0 radical (unpaired) electrons. The smallest absolute Gasteiger partial charge is 0.274 e. The molecule has 1 fully saturated rings. The van der Waals surface area contributed by atoms with E-state index >= 15 is 0 Å². The second kappa shape index (κ2) is 6.88. The van der Waals surface area contributed by atoms with Crippen LogP contribution in [0.15, 0.2) is 12.1 Å². The van der Waals surface area contributed by atoms with Crippen molar-refractivity contribution in [2.75, 3.05) is 18.6 Å². The minimum absolute atomic E-state index is 0.0747. The largest absolute Gasteiger partial charge is 0.395 e. The molecule has 1 heterocycles. The number of aliphatic hydroxyl groups is 1. The molecule has 110 valence electrons. The topological polar surface area (TPSA) is 91.5 Å². The summed E-state index contributed by atoms with van der Waals surface area (Å²) in [5.74, 6) is 5.43. The van der Waals surface area contributed by atoms with Gasteiger partial charge >= 0.3 is 0 Å². The van der Waals surface area contributed by atoms with Crippen LogP contribution in [0.5, 0.6) is 0 Å². The predicted molar refractivity (Wildman–Crippen MR) is 77.4 cm³/mol. The number of aliphatic hydroxyl groups excluding tert-OH is 1. The molecule has 1 aliphatic carbocycles. The minimum Gasteiger partial charge on any atom is -0.395 e. The average Bonchev–Trinajstić information content (AvgIpc) is 2.98. The van der Waals surface area contributed by atoms with Gasteiger partial charge in [-0.3, -0.25) is 4.79 Å². The number of carbonyl (C=O) groups is 1. The number of anilines is 1. The number of carbonyl (C=O) groups excluding carboxylic acids is 1. The molecule has 4 N–H and O–H groups in total. The lowest BCUT2D eigenvalue weighted by atomic mass is 10.2. The van der Waals surface area contributed by atoms with Crippen molar-refractivity contribution in [2.24, 2.45) is 5.84 Å². The van der Waals surface area contributed by atoms with Gasteiger partial charge in [-0.15, -0.1) is 0 Å². The van der Waals surface area contributed by atoms with E-state index in [0.717, 1.165) is 25.7 Å². The zero-order valence-electron chi connectivity index (χ0n) is 11.2. The number of hydrazine groups is 1. The summed E-state index contributed by atoms with van der Waals surface area (Å²) in [4.78, 5) is 18.4. The van der Waals surface area contributed by atoms with Gasteiger partial charge in [0.25, 0.3) is 5.91 Å². The number of pyridine rings is 1. The second-order valence-corrected chi connectivity index (χ2v) is 5.24. The van der Waals surface area contributed by atoms with Gasteiger partial charge in [0.15, 0.2) is 0 Å². The third-order valence-corrected chi connectivity index (χ3v) is 3.87. The molecule has 2 rings (SSSR count). The van der Waals surface area contributed by atoms with E-state index in [1.165, 1.54) is 0 Å². The third-order valence-electron chi connectivity index (χ3n) is 3.56. The molecule has 20 heavy (non-hydrogen) atoms. The lowest BCUT2D eigenvalue weighted by Crippen LogP contribution is -2.41. The van der Waals surface area contributed by atoms with Crippen molar-refractivity contribution in [3.8, 4) is 0 Å². The molecule has 0 aliphatic heterocycles. The first-order valence-corrected chi connectivity index (χ1v) is 7.10. The molecule has 0 saturated heterocycles. The molecule has 6 nitrogen and oxygen atoms in total. The van der Waals surface area contributed by atoms with Crippen LogP contribution in [0, 0.1) is 0 Å². The van der Waals surface area contributed by atoms with Crippen molar-refractivity contribution in [2.45, 2.75) is 31.7 Å². The normalized spacial score (nSPS) is 15.3. The number of halogens is 1. The van der Waals surface area contributed by atoms with Crippen LogP contribution < -0.4 is 11.3 Å². The van der Waals surface area contributed by atoms with E-state index in [1.807, 2.05) is 0 Å². The highest BCUT2D eigenvalue weighted by molar-refractivity contribution is 6.33. The van der Waals surface area contributed by atoms with E-state index in [-0.39, 0.29) is 29.3 Å². The second-order valence-electron chi connectivity index (χ2n) is 4.83. The summed E-state index contributed by atoms with van der Waals surface area (Å²) in [6, 6.07) is 3.34. The van der Waals surface area contributed by atoms with E-state index in [4.69, 9.17) is 17.4 Å². The van der Waals surface area contributed by atoms with Gasteiger partial charge in [-0.2, -0.15) is 0 Å². The third kappa shape index (κ3) is 3.20. The highest BCUT2D eigenvalue weighted by Crippen LogP contribution is 2.26. The van der Waals surface area contributed by atoms with Gasteiger partial charge in [0.05, 0.1) is 11.6 Å². The number of nitrogens with zero attached hydrogens (tertiary/aromatic N) is 2. The van der Waals surface area contributed by atoms with Crippen LogP contribution >= 0.6 is 11.6 Å². The molecule has 1 amide bonds. The zero-order chi connectivity index (χ0) is 14.5. The van der Waals surface area contributed by atoms with Crippen LogP contribution in [0.4, 0.5) is 5.82 Å². The molecule has 0 bridgehead atoms. The number of hydrogen-bond donors (Lipinski definition) is 3. The number of amides is 1. The van der Waals surface area contributed by atoms with Crippen LogP contribution in [0.1, 0.15) is 36.2 Å². The van der Waals surface area contributed by atoms with Gasteiger partial charge in [0.1, 0.15) is 11.5 Å². The maximum Gasteiger partial charge on any atom is 0.274 e. The Balaban J connectivity index is 2.26. The molecule has 1 saturated carbocycles. The maximum absolute atomic E-state index is 12.6. The van der Waals surface area contributed by atoms with Gasteiger partial charge in [-0.25, -0.2) is 10.8 Å². The highest BCUT2D eigenvalue weighted by atomic mass is 35.5. The molecule has 1 aromatic heterocycles. The summed E-state index contributed by atoms with van der Waals surface area (Å²) >= 11 is 6.06. The van der Waals surface area contributed by atoms with Gasteiger partial charge < -0.3 is 15.4 Å². The number of hydrogen-bond acceptors (Lipinski definition) is 5. The zero-order valence-corrected chi connectivity index (χ0v) is 11.9. The standard InChI is InChI=1S/C13H19ClN4O2/c14-10-5-6-11(17-15)16-12(10)13(20)18(7-8-19)9-3-1-2-4-9/h5-6,9,19H,1-4,7-8,15H2,(H,16,17). The summed E-state index contributed by atoms with van der Waals surface area (Å²) in [5, 5.41) is 9.47. The van der Waals surface area contributed by atoms with Crippen molar-refractivity contribution >= 4 is 23.3 Å². The number of rotatable bonds is 5. The first kappa shape index (κ1) is 15.0. The fourth-order valence-corrected chi connectivity index (χ4v) is 2.77. The summed E-state index contributed by atoms with van der Waals surface area (Å²) in [6.07, 6.45) is 4.12. The maximum atomic E-state index is 12.6. The van der Waals surface area contributed by atoms with Gasteiger partial charge in [-0.05, 0) is 25.0 Å². The van der Waals surface area contributed by atoms with Crippen LogP contribution in [0.2, 0.25) is 5.02 Å². The van der Waals surface area contributed by atoms with Crippen LogP contribution in [0.3, 0.4) is 0 Å². The SMILES string of the molecule is NNc1ccc(Cl)c(C(=O)N(CCO)C2CCCC2)n1. The molecule has 0 spiro atoms. The van der Waals surface area contributed by atoms with Crippen LogP contribution in [-0.2, 0) is 0 Å². The molecule has 0 aromatic carbocycles. The van der Waals surface area contributed by atoms with E-state index < -0.39 is 0 Å². The summed E-state index contributed by atoms with van der Waals surface area (Å²) < 4.78 is 0. The van der Waals surface area contributed by atoms with Gasteiger partial charge in [-0.1, -0.05) is 24.4 Å². The van der Waals surface area contributed by atoms with E-state index in [9.17, 15) is 9.90 Å². The minimum atomic E-state index is -0.256. The fraction of sp³-hybridized carbons (Fsp3) is 0.538. The lowest BCUT2D eigenvalue weighted by molar-refractivity contribution is 0.0632. The van der Waals surface area contributed by atoms with Crippen molar-refractivity contribution in [3.63, 3.8) is 0 Å². The van der Waals surface area contributed by atoms with Gasteiger partial charge in [0, 0.05) is 12.6 Å². The van der Waals surface area contributed by atoms with Crippen molar-refractivity contribution in [1.29, 1.82) is 0 Å². The molecule has 0 unspecified atom stereocenters. The molecular weight excluding hydrogens is 280 g/mol. The highest BCUT2D eigenvalue weighted by Gasteiger charge is 2.29. The Morgan fingerprint density at radius 1 is 1.50 bits per heavy atom. The van der Waals surface area contributed by atoms with E-state index in [1.54, 1.807) is 17.0 Å². The number of aromatic nitrogens is 1. The first-order valence-electron chi connectivity index (χ1n) is 6.72. The van der Waals surface area contributed by atoms with Crippen molar-refractivity contribution in [3.05, 3.63) is 22.8 Å². The van der Waals surface area contributed by atoms with Crippen LogP contribution in [0.25, 0.3) is 0 Å². The Morgan fingerprint density at radius 3 is 2.80 bits per heavy atom. The quantitative estimate of drug-likeness (QED) is 0.564. The fourth-order valence-electron chi connectivity index (χ4n) is 2.58. The average molecular weight is 299 g/mol. The van der Waals surface area contributed by atoms with Crippen molar-refractivity contribution < 1.29 is 9.90 Å². The molecule has 7 heteroatoms. The summed E-state index contributed by atoms with van der Waals surface area (Å²) in [5.41, 5.74) is 2.57. The Kier molecular flexibility index (Phi) is 5.17. The number of nitrogens with one attached hydrogen (secondary N) is 1. The Labute approximate surface area is 122 Å². The number of nitrogens with two attached hydrogens (primary N) is 1. The Hall–Kier alpha value is -1.37. The van der Waals surface area contributed by atoms with Gasteiger partial charge in [0.2, 0.25) is 0 Å². The summed E-state index contributed by atoms with van der Waals surface area (Å²) in [6.45, 7) is 0.219. The monoisotopic (exact) mass is 298 g/mol. The molecule has 1 aliphatic rings. The Bertz CT molecular complexity index is 477. The van der Waals surface area contributed by atoms with Crippen LogP contribution in [-0.4, -0.2) is 40.1 Å². The Morgan fingerprint density at radius 2 is 2.20 bits per heavy atom. The first-order chi connectivity index (χ1) is 9.67. The summed E-state index contributed by atoms with van der Waals surface area (Å²) in [7, 11) is 0. The molecule has 0 atom stereocenters. The van der Waals surface area contributed by atoms with Crippen molar-refractivity contribution in [1.82, 2.24) is 9.88 Å². The molecule has 1 aromatic rings. The van der Waals surface area contributed by atoms with E-state index in [2.05, 4.69) is 10.4 Å².